The number of hydrogen-bond donors (Lipinski definition) is 1. The summed E-state index contributed by atoms with van der Waals surface area (Å²) in [7, 11) is -2.04. The molecule has 6 rings (SSSR count). The Morgan fingerprint density at radius 3 is 1.47 bits per heavy atom. The van der Waals surface area contributed by atoms with E-state index in [-0.39, 0.29) is 46.2 Å². The van der Waals surface area contributed by atoms with Crippen LogP contribution < -0.4 is 0 Å². The lowest BCUT2D eigenvalue weighted by Gasteiger charge is -2.34. The molecule has 0 saturated carbocycles. The maximum Gasteiger partial charge on any atom is 0.505 e. The molecule has 0 spiro atoms. The highest BCUT2D eigenvalue weighted by Gasteiger charge is 2.51. The van der Waals surface area contributed by atoms with Crippen LogP contribution >= 0.6 is 8.03 Å². The number of rotatable bonds is 24. The molecule has 57 heavy (non-hydrogen) atoms. The van der Waals surface area contributed by atoms with Crippen molar-refractivity contribution in [3.63, 3.8) is 0 Å². The molecule has 0 aromatic heterocycles. The monoisotopic (exact) mass is 795 g/mol. The predicted molar refractivity (Wildman–Crippen MR) is 216 cm³/mol. The lowest BCUT2D eigenvalue weighted by atomic mass is 10.1. The normalized spacial score (nSPS) is 19.9. The van der Waals surface area contributed by atoms with Gasteiger partial charge in [-0.05, 0) is 32.4 Å². The van der Waals surface area contributed by atoms with Crippen LogP contribution in [0.2, 0.25) is 0 Å². The standard InChI is InChI=1S/C46H52O10P/c1-57(48)56-44-42(33-49-28-35-17-7-2-8-18-35)55-46(45(44)53-32-39-25-15-6-16-26-39)54-34-41(51-30-37-21-11-4-12-22-37)43(52-31-38-23-13-5-14-24-38)40(27-47)50-29-36-19-9-3-10-20-36/h2-26,40-47H,27-34H2,1H3/q+1. The van der Waals surface area contributed by atoms with Crippen LogP contribution in [0.3, 0.4) is 0 Å². The average Bonchev–Trinajstić information content (AvgIpc) is 3.57. The first-order valence-corrected chi connectivity index (χ1v) is 20.9. The fraction of sp³-hybridized carbons (Fsp3) is 0.348. The first-order valence-electron chi connectivity index (χ1n) is 19.2. The molecule has 5 aromatic rings. The van der Waals surface area contributed by atoms with Gasteiger partial charge >= 0.3 is 8.03 Å². The molecule has 0 amide bonds. The van der Waals surface area contributed by atoms with Crippen molar-refractivity contribution in [1.29, 1.82) is 0 Å². The lowest BCUT2D eigenvalue weighted by Crippen LogP contribution is -2.48. The zero-order valence-electron chi connectivity index (χ0n) is 32.2. The number of benzene rings is 5. The van der Waals surface area contributed by atoms with Crippen LogP contribution in [-0.4, -0.2) is 74.5 Å². The Morgan fingerprint density at radius 2 is 1.00 bits per heavy atom. The van der Waals surface area contributed by atoms with E-state index >= 15 is 0 Å². The fourth-order valence-electron chi connectivity index (χ4n) is 6.52. The molecular weight excluding hydrogens is 743 g/mol. The smallest absolute Gasteiger partial charge is 0.394 e. The summed E-state index contributed by atoms with van der Waals surface area (Å²) in [5.74, 6) is 0. The van der Waals surface area contributed by atoms with Crippen molar-refractivity contribution in [3.05, 3.63) is 179 Å². The molecule has 0 radical (unpaired) electrons. The van der Waals surface area contributed by atoms with Gasteiger partial charge in [-0.1, -0.05) is 152 Å². The van der Waals surface area contributed by atoms with E-state index in [1.807, 2.05) is 152 Å². The molecular formula is C46H52O10P+. The molecule has 1 heterocycles. The van der Waals surface area contributed by atoms with Crippen molar-refractivity contribution >= 4 is 8.03 Å². The summed E-state index contributed by atoms with van der Waals surface area (Å²) in [6.45, 7) is 2.62. The van der Waals surface area contributed by atoms with Crippen LogP contribution in [-0.2, 0) is 75.3 Å². The molecule has 1 saturated heterocycles. The van der Waals surface area contributed by atoms with Crippen molar-refractivity contribution in [3.8, 4) is 0 Å². The van der Waals surface area contributed by atoms with Crippen LogP contribution in [0.4, 0.5) is 0 Å². The Balaban J connectivity index is 1.25. The van der Waals surface area contributed by atoms with Gasteiger partial charge in [0, 0.05) is 0 Å². The van der Waals surface area contributed by atoms with E-state index in [0.29, 0.717) is 6.61 Å². The lowest BCUT2D eigenvalue weighted by molar-refractivity contribution is -0.222. The molecule has 1 aliphatic heterocycles. The molecule has 10 nitrogen and oxygen atoms in total. The van der Waals surface area contributed by atoms with Gasteiger partial charge in [-0.15, -0.1) is 4.52 Å². The van der Waals surface area contributed by atoms with E-state index in [2.05, 4.69) is 0 Å². The van der Waals surface area contributed by atoms with Gasteiger partial charge in [0.2, 0.25) is 0 Å². The second kappa shape index (κ2) is 23.3. The van der Waals surface area contributed by atoms with Gasteiger partial charge in [-0.3, -0.25) is 0 Å². The van der Waals surface area contributed by atoms with E-state index in [4.69, 9.17) is 37.7 Å². The topological polar surface area (TPSA) is 111 Å². The maximum absolute atomic E-state index is 12.7. The highest BCUT2D eigenvalue weighted by molar-refractivity contribution is 7.38. The molecule has 11 heteroatoms. The van der Waals surface area contributed by atoms with Crippen molar-refractivity contribution < 1.29 is 47.4 Å². The Bertz CT molecular complexity index is 1840. The summed E-state index contributed by atoms with van der Waals surface area (Å²) < 4.78 is 64.1. The third-order valence-electron chi connectivity index (χ3n) is 9.45. The van der Waals surface area contributed by atoms with E-state index in [9.17, 15) is 9.67 Å². The highest BCUT2D eigenvalue weighted by Crippen LogP contribution is 2.35. The molecule has 0 bridgehead atoms. The molecule has 0 aliphatic carbocycles. The average molecular weight is 796 g/mol. The third-order valence-corrected chi connectivity index (χ3v) is 9.99. The third kappa shape index (κ3) is 13.7. The van der Waals surface area contributed by atoms with Gasteiger partial charge in [-0.25, -0.2) is 0 Å². The number of hydrogen-bond acceptors (Lipinski definition) is 10. The van der Waals surface area contributed by atoms with Crippen LogP contribution in [0.15, 0.2) is 152 Å². The number of aliphatic hydroxyl groups is 1. The summed E-state index contributed by atoms with van der Waals surface area (Å²) >= 11 is 0. The van der Waals surface area contributed by atoms with Gasteiger partial charge in [0.05, 0.1) is 52.9 Å². The van der Waals surface area contributed by atoms with Crippen molar-refractivity contribution in [2.24, 2.45) is 0 Å². The minimum absolute atomic E-state index is 0.0318. The molecule has 1 N–H and O–H groups in total. The van der Waals surface area contributed by atoms with Gasteiger partial charge in [0.25, 0.3) is 0 Å². The van der Waals surface area contributed by atoms with Crippen LogP contribution in [0, 0.1) is 0 Å². The predicted octanol–water partition coefficient (Wildman–Crippen LogP) is 8.04. The molecule has 8 atom stereocenters. The van der Waals surface area contributed by atoms with Gasteiger partial charge in [0.15, 0.2) is 19.1 Å². The van der Waals surface area contributed by atoms with Crippen molar-refractivity contribution in [2.45, 2.75) is 75.9 Å². The Morgan fingerprint density at radius 1 is 0.561 bits per heavy atom. The summed E-state index contributed by atoms with van der Waals surface area (Å²) in [5, 5.41) is 10.8. The largest absolute Gasteiger partial charge is 0.505 e. The minimum atomic E-state index is -2.04. The Labute approximate surface area is 336 Å². The highest BCUT2D eigenvalue weighted by atomic mass is 31.1. The molecule has 8 unspecified atom stereocenters. The Kier molecular flexibility index (Phi) is 17.3. The van der Waals surface area contributed by atoms with E-state index < -0.39 is 50.9 Å². The van der Waals surface area contributed by atoms with E-state index in [1.54, 1.807) is 0 Å². The zero-order valence-corrected chi connectivity index (χ0v) is 33.1. The summed E-state index contributed by atoms with van der Waals surface area (Å²) in [6.07, 6.45) is -5.49. The van der Waals surface area contributed by atoms with Gasteiger partial charge in [-0.2, -0.15) is 0 Å². The second-order valence-electron chi connectivity index (χ2n) is 13.8. The summed E-state index contributed by atoms with van der Waals surface area (Å²) in [6, 6.07) is 49.0. The molecule has 1 fully saturated rings. The Hall–Kier alpha value is -4.16. The first-order chi connectivity index (χ1) is 28.1. The van der Waals surface area contributed by atoms with E-state index in [0.717, 1.165) is 27.8 Å². The zero-order chi connectivity index (χ0) is 39.5. The fourth-order valence-corrected chi connectivity index (χ4v) is 7.12. The van der Waals surface area contributed by atoms with Crippen molar-refractivity contribution in [2.75, 3.05) is 26.5 Å². The molecule has 5 aromatic carbocycles. The summed E-state index contributed by atoms with van der Waals surface area (Å²) in [5.41, 5.74) is 4.80. The first kappa shape index (κ1) is 42.4. The quantitative estimate of drug-likeness (QED) is 0.0617. The summed E-state index contributed by atoms with van der Waals surface area (Å²) in [4.78, 5) is 0. The minimum Gasteiger partial charge on any atom is -0.394 e. The molecule has 1 aliphatic rings. The van der Waals surface area contributed by atoms with Crippen molar-refractivity contribution in [1.82, 2.24) is 0 Å². The second-order valence-corrected chi connectivity index (χ2v) is 14.9. The van der Waals surface area contributed by atoms with Crippen LogP contribution in [0.5, 0.6) is 0 Å². The number of ether oxygens (including phenoxy) is 7. The maximum atomic E-state index is 12.7. The SMILES string of the molecule is C[P+](=O)OC1C(COCc2ccccc2)OC(OCC(OCc2ccccc2)C(OCc2ccccc2)C(CO)OCc2ccccc2)C1OCc1ccccc1. The van der Waals surface area contributed by atoms with Crippen LogP contribution in [0.1, 0.15) is 27.8 Å². The van der Waals surface area contributed by atoms with Crippen LogP contribution in [0.25, 0.3) is 0 Å². The van der Waals surface area contributed by atoms with E-state index in [1.165, 1.54) is 6.66 Å². The van der Waals surface area contributed by atoms with Gasteiger partial charge < -0.3 is 38.3 Å². The van der Waals surface area contributed by atoms with Gasteiger partial charge in [0.1, 0.15) is 30.5 Å². The number of aliphatic hydroxyl groups excluding tert-OH is 1. The molecule has 300 valence electrons.